The summed E-state index contributed by atoms with van der Waals surface area (Å²) in [5.41, 5.74) is 0.236. The Balaban J connectivity index is 1.88. The van der Waals surface area contributed by atoms with E-state index in [1.165, 1.54) is 22.9 Å². The quantitative estimate of drug-likeness (QED) is 0.769. The lowest BCUT2D eigenvalue weighted by molar-refractivity contribution is 0.102. The lowest BCUT2D eigenvalue weighted by atomic mass is 10.2. The zero-order valence-corrected chi connectivity index (χ0v) is 13.8. The highest BCUT2D eigenvalue weighted by atomic mass is 35.5. The van der Waals surface area contributed by atoms with Crippen LogP contribution in [0.2, 0.25) is 5.02 Å². The summed E-state index contributed by atoms with van der Waals surface area (Å²) in [7, 11) is 0. The zero-order chi connectivity index (χ0) is 17.8. The number of halogens is 2. The van der Waals surface area contributed by atoms with Crippen molar-refractivity contribution >= 4 is 23.2 Å². The average molecular weight is 357 g/mol. The van der Waals surface area contributed by atoms with Crippen molar-refractivity contribution < 1.29 is 9.18 Å². The topological polar surface area (TPSA) is 51.1 Å². The molecule has 0 aliphatic heterocycles. The number of pyridine rings is 1. The number of benzene rings is 2. The van der Waals surface area contributed by atoms with E-state index in [0.29, 0.717) is 16.3 Å². The Morgan fingerprint density at radius 2 is 1.76 bits per heavy atom. The molecule has 0 fully saturated rings. The SMILES string of the molecule is O=C(Nc1ccccc1Cl)c1cccn(Cc2ccccc2F)c1=O. The van der Waals surface area contributed by atoms with Crippen LogP contribution < -0.4 is 10.9 Å². The van der Waals surface area contributed by atoms with Crippen LogP contribution in [0.4, 0.5) is 10.1 Å². The summed E-state index contributed by atoms with van der Waals surface area (Å²) >= 11 is 6.01. The Morgan fingerprint density at radius 3 is 2.52 bits per heavy atom. The van der Waals surface area contributed by atoms with Gasteiger partial charge in [-0.2, -0.15) is 0 Å². The number of hydrogen-bond donors (Lipinski definition) is 1. The molecular weight excluding hydrogens is 343 g/mol. The van der Waals surface area contributed by atoms with Gasteiger partial charge in [-0.15, -0.1) is 0 Å². The van der Waals surface area contributed by atoms with Gasteiger partial charge < -0.3 is 9.88 Å². The minimum Gasteiger partial charge on any atom is -0.320 e. The number of para-hydroxylation sites is 1. The summed E-state index contributed by atoms with van der Waals surface area (Å²) in [6.07, 6.45) is 1.51. The highest BCUT2D eigenvalue weighted by Crippen LogP contribution is 2.20. The molecule has 0 unspecified atom stereocenters. The Kier molecular flexibility index (Phi) is 4.95. The first-order valence-corrected chi connectivity index (χ1v) is 7.93. The molecule has 0 saturated carbocycles. The van der Waals surface area contributed by atoms with Gasteiger partial charge in [-0.25, -0.2) is 4.39 Å². The van der Waals surface area contributed by atoms with Gasteiger partial charge in [-0.05, 0) is 30.3 Å². The van der Waals surface area contributed by atoms with Crippen LogP contribution in [0.3, 0.4) is 0 Å². The monoisotopic (exact) mass is 356 g/mol. The van der Waals surface area contributed by atoms with Crippen LogP contribution in [0.15, 0.2) is 71.7 Å². The van der Waals surface area contributed by atoms with Gasteiger partial charge in [0.25, 0.3) is 11.5 Å². The molecule has 1 amide bonds. The van der Waals surface area contributed by atoms with E-state index in [0.717, 1.165) is 0 Å². The third-order valence-corrected chi connectivity index (χ3v) is 4.01. The van der Waals surface area contributed by atoms with E-state index < -0.39 is 17.3 Å². The molecule has 25 heavy (non-hydrogen) atoms. The van der Waals surface area contributed by atoms with E-state index in [-0.39, 0.29) is 12.1 Å². The number of nitrogens with one attached hydrogen (secondary N) is 1. The summed E-state index contributed by atoms with van der Waals surface area (Å²) in [6, 6.07) is 15.9. The molecular formula is C19H14ClFN2O2. The van der Waals surface area contributed by atoms with Crippen molar-refractivity contribution in [2.45, 2.75) is 6.54 Å². The molecule has 0 bridgehead atoms. The maximum atomic E-state index is 13.8. The standard InChI is InChI=1S/C19H14ClFN2O2/c20-15-8-2-4-10-17(15)22-18(24)14-7-5-11-23(19(14)25)12-13-6-1-3-9-16(13)21/h1-11H,12H2,(H,22,24). The van der Waals surface area contributed by atoms with Crippen molar-refractivity contribution in [1.29, 1.82) is 0 Å². The minimum absolute atomic E-state index is 0.0404. The summed E-state index contributed by atoms with van der Waals surface area (Å²) in [5, 5.41) is 2.99. The number of carbonyl (C=O) groups is 1. The van der Waals surface area contributed by atoms with Gasteiger partial charge in [0.1, 0.15) is 11.4 Å². The van der Waals surface area contributed by atoms with Crippen LogP contribution in [0.1, 0.15) is 15.9 Å². The number of amides is 1. The lowest BCUT2D eigenvalue weighted by Crippen LogP contribution is -2.29. The largest absolute Gasteiger partial charge is 0.320 e. The van der Waals surface area contributed by atoms with Crippen LogP contribution in [-0.2, 0) is 6.54 Å². The van der Waals surface area contributed by atoms with E-state index in [9.17, 15) is 14.0 Å². The van der Waals surface area contributed by atoms with E-state index >= 15 is 0 Å². The smallest absolute Gasteiger partial charge is 0.263 e. The van der Waals surface area contributed by atoms with Crippen LogP contribution >= 0.6 is 11.6 Å². The van der Waals surface area contributed by atoms with Gasteiger partial charge in [0.2, 0.25) is 0 Å². The molecule has 2 aromatic carbocycles. The first kappa shape index (κ1) is 16.9. The molecule has 0 atom stereocenters. The van der Waals surface area contributed by atoms with E-state index in [2.05, 4.69) is 5.32 Å². The van der Waals surface area contributed by atoms with Gasteiger partial charge in [-0.1, -0.05) is 41.9 Å². The van der Waals surface area contributed by atoms with Crippen LogP contribution in [-0.4, -0.2) is 10.5 Å². The molecule has 3 rings (SSSR count). The first-order valence-electron chi connectivity index (χ1n) is 7.55. The molecule has 3 aromatic rings. The molecule has 1 N–H and O–H groups in total. The second-order valence-corrected chi connectivity index (χ2v) is 5.79. The Bertz CT molecular complexity index is 985. The number of carbonyl (C=O) groups excluding carboxylic acids is 1. The summed E-state index contributed by atoms with van der Waals surface area (Å²) < 4.78 is 15.1. The summed E-state index contributed by atoms with van der Waals surface area (Å²) in [6.45, 7) is 0.0404. The Hall–Kier alpha value is -2.92. The Morgan fingerprint density at radius 1 is 1.04 bits per heavy atom. The van der Waals surface area contributed by atoms with Crippen LogP contribution in [0, 0.1) is 5.82 Å². The van der Waals surface area contributed by atoms with E-state index in [4.69, 9.17) is 11.6 Å². The fourth-order valence-electron chi connectivity index (χ4n) is 2.40. The lowest BCUT2D eigenvalue weighted by Gasteiger charge is -2.10. The van der Waals surface area contributed by atoms with Gasteiger partial charge in [0.15, 0.2) is 0 Å². The maximum Gasteiger partial charge on any atom is 0.263 e. The molecule has 0 saturated heterocycles. The predicted molar refractivity (Wildman–Crippen MR) is 95.6 cm³/mol. The second kappa shape index (κ2) is 7.32. The molecule has 0 spiro atoms. The maximum absolute atomic E-state index is 13.8. The first-order chi connectivity index (χ1) is 12.1. The minimum atomic E-state index is -0.569. The second-order valence-electron chi connectivity index (χ2n) is 5.38. The average Bonchev–Trinajstić information content (AvgIpc) is 2.60. The Labute approximate surface area is 148 Å². The van der Waals surface area contributed by atoms with E-state index in [1.54, 1.807) is 48.5 Å². The fraction of sp³-hybridized carbons (Fsp3) is 0.0526. The molecule has 1 heterocycles. The van der Waals surface area contributed by atoms with Crippen molar-refractivity contribution in [2.24, 2.45) is 0 Å². The number of hydrogen-bond acceptors (Lipinski definition) is 2. The molecule has 126 valence electrons. The van der Waals surface area contributed by atoms with Gasteiger partial charge in [0, 0.05) is 11.8 Å². The van der Waals surface area contributed by atoms with Crippen molar-refractivity contribution in [1.82, 2.24) is 4.57 Å². The summed E-state index contributed by atoms with van der Waals surface area (Å²) in [5.74, 6) is -0.971. The van der Waals surface area contributed by atoms with Crippen molar-refractivity contribution in [2.75, 3.05) is 5.32 Å². The number of aromatic nitrogens is 1. The molecule has 1 aromatic heterocycles. The molecule has 0 aliphatic carbocycles. The van der Waals surface area contributed by atoms with Crippen molar-refractivity contribution in [3.63, 3.8) is 0 Å². The predicted octanol–water partition coefficient (Wildman–Crippen LogP) is 3.94. The third kappa shape index (κ3) is 3.78. The highest BCUT2D eigenvalue weighted by molar-refractivity contribution is 6.33. The highest BCUT2D eigenvalue weighted by Gasteiger charge is 2.14. The van der Waals surface area contributed by atoms with E-state index in [1.807, 2.05) is 0 Å². The number of rotatable bonds is 4. The van der Waals surface area contributed by atoms with Crippen molar-refractivity contribution in [3.8, 4) is 0 Å². The van der Waals surface area contributed by atoms with Crippen LogP contribution in [0.5, 0.6) is 0 Å². The molecule has 4 nitrogen and oxygen atoms in total. The van der Waals surface area contributed by atoms with Gasteiger partial charge in [-0.3, -0.25) is 9.59 Å². The normalized spacial score (nSPS) is 10.5. The number of nitrogens with zero attached hydrogens (tertiary/aromatic N) is 1. The molecule has 6 heteroatoms. The zero-order valence-electron chi connectivity index (χ0n) is 13.1. The fourth-order valence-corrected chi connectivity index (χ4v) is 2.58. The summed E-state index contributed by atoms with van der Waals surface area (Å²) in [4.78, 5) is 24.9. The van der Waals surface area contributed by atoms with Crippen LogP contribution in [0.25, 0.3) is 0 Å². The number of anilines is 1. The van der Waals surface area contributed by atoms with Gasteiger partial charge >= 0.3 is 0 Å². The molecule has 0 aliphatic rings. The van der Waals surface area contributed by atoms with Crippen molar-refractivity contribution in [3.05, 3.63) is 99.2 Å². The third-order valence-electron chi connectivity index (χ3n) is 3.69. The molecule has 0 radical (unpaired) electrons. The van der Waals surface area contributed by atoms with Gasteiger partial charge in [0.05, 0.1) is 17.3 Å².